The van der Waals surface area contributed by atoms with E-state index in [9.17, 15) is 14.7 Å². The standard InChI is InChI=1S/C29H36O4/c1-2-3-4-5-6-7-8-9-10-11-12-13-14-15-16-17-18-19-20-25-28(31)33-29(32)26-23-21-22-24-27(26)30/h3-4,6-7,9-10,12-13,15-16,18-19,21-24,30H,2,5,8,11,14,17,20,25H2,1H3. The number of esters is 2. The van der Waals surface area contributed by atoms with Crippen LogP contribution in [-0.4, -0.2) is 17.0 Å². The van der Waals surface area contributed by atoms with E-state index in [-0.39, 0.29) is 17.7 Å². The Kier molecular flexibility index (Phi) is 16.2. The molecule has 0 aliphatic rings. The third-order valence-electron chi connectivity index (χ3n) is 4.44. The summed E-state index contributed by atoms with van der Waals surface area (Å²) in [5, 5.41) is 9.60. The molecule has 0 bridgehead atoms. The second-order valence-electron chi connectivity index (χ2n) is 7.23. The van der Waals surface area contributed by atoms with Crippen molar-refractivity contribution in [1.82, 2.24) is 0 Å². The second kappa shape index (κ2) is 19.3. The second-order valence-corrected chi connectivity index (χ2v) is 7.23. The van der Waals surface area contributed by atoms with E-state index in [1.54, 1.807) is 12.1 Å². The van der Waals surface area contributed by atoms with Gasteiger partial charge >= 0.3 is 11.9 Å². The van der Waals surface area contributed by atoms with Crippen LogP contribution in [0.3, 0.4) is 0 Å². The molecule has 1 rings (SSSR count). The number of aromatic hydroxyl groups is 1. The van der Waals surface area contributed by atoms with Crippen molar-refractivity contribution in [1.29, 1.82) is 0 Å². The zero-order valence-corrected chi connectivity index (χ0v) is 19.6. The summed E-state index contributed by atoms with van der Waals surface area (Å²) in [6.45, 7) is 2.14. The van der Waals surface area contributed by atoms with Crippen LogP contribution in [0.4, 0.5) is 0 Å². The third-order valence-corrected chi connectivity index (χ3v) is 4.44. The van der Waals surface area contributed by atoms with Crippen molar-refractivity contribution in [2.75, 3.05) is 0 Å². The highest BCUT2D eigenvalue weighted by atomic mass is 16.6. The zero-order chi connectivity index (χ0) is 24.0. The van der Waals surface area contributed by atoms with Crippen LogP contribution in [0.5, 0.6) is 5.75 Å². The Bertz CT molecular complexity index is 869. The highest BCUT2D eigenvalue weighted by molar-refractivity contribution is 5.98. The molecule has 176 valence electrons. The maximum Gasteiger partial charge on any atom is 0.349 e. The highest BCUT2D eigenvalue weighted by Gasteiger charge is 2.15. The van der Waals surface area contributed by atoms with Gasteiger partial charge in [-0.15, -0.1) is 0 Å². The normalized spacial score (nSPS) is 12.4. The Morgan fingerprint density at radius 1 is 0.727 bits per heavy atom. The minimum atomic E-state index is -0.833. The van der Waals surface area contributed by atoms with Crippen molar-refractivity contribution < 1.29 is 19.4 Å². The van der Waals surface area contributed by atoms with Gasteiger partial charge in [0.2, 0.25) is 0 Å². The van der Waals surface area contributed by atoms with E-state index in [1.807, 2.05) is 12.2 Å². The summed E-state index contributed by atoms with van der Waals surface area (Å²) in [7, 11) is 0. The summed E-state index contributed by atoms with van der Waals surface area (Å²) < 4.78 is 4.75. The predicted octanol–water partition coefficient (Wildman–Crippen LogP) is 7.55. The predicted molar refractivity (Wildman–Crippen MR) is 136 cm³/mol. The Balaban J connectivity index is 2.06. The van der Waals surface area contributed by atoms with Crippen molar-refractivity contribution >= 4 is 11.9 Å². The van der Waals surface area contributed by atoms with Gasteiger partial charge in [-0.2, -0.15) is 0 Å². The van der Waals surface area contributed by atoms with Crippen LogP contribution in [-0.2, 0) is 9.53 Å². The first-order valence-electron chi connectivity index (χ1n) is 11.6. The monoisotopic (exact) mass is 448 g/mol. The minimum Gasteiger partial charge on any atom is -0.507 e. The SMILES string of the molecule is CCC=CCC=CCC=CCC=CCC=CCC=CCCC(=O)OC(=O)c1ccccc1O. The van der Waals surface area contributed by atoms with Crippen LogP contribution in [0, 0.1) is 0 Å². The number of para-hydroxylation sites is 1. The number of benzene rings is 1. The maximum atomic E-state index is 11.8. The molecule has 0 atom stereocenters. The summed E-state index contributed by atoms with van der Waals surface area (Å²) in [5.74, 6) is -1.64. The molecule has 0 aromatic heterocycles. The zero-order valence-electron chi connectivity index (χ0n) is 19.6. The van der Waals surface area contributed by atoms with Crippen LogP contribution in [0.2, 0.25) is 0 Å². The Morgan fingerprint density at radius 2 is 1.18 bits per heavy atom. The number of carbonyl (C=O) groups is 2. The quantitative estimate of drug-likeness (QED) is 0.171. The number of hydrogen-bond donors (Lipinski definition) is 1. The van der Waals surface area contributed by atoms with Gasteiger partial charge < -0.3 is 9.84 Å². The molecule has 0 saturated heterocycles. The van der Waals surface area contributed by atoms with E-state index in [4.69, 9.17) is 4.74 Å². The average Bonchev–Trinajstić information content (AvgIpc) is 2.80. The first-order chi connectivity index (χ1) is 16.1. The summed E-state index contributed by atoms with van der Waals surface area (Å²) in [4.78, 5) is 23.6. The molecule has 0 radical (unpaired) electrons. The summed E-state index contributed by atoms with van der Waals surface area (Å²) >= 11 is 0. The summed E-state index contributed by atoms with van der Waals surface area (Å²) in [6.07, 6.45) is 31.8. The Morgan fingerprint density at radius 3 is 1.67 bits per heavy atom. The van der Waals surface area contributed by atoms with Gasteiger partial charge in [0.15, 0.2) is 0 Å². The lowest BCUT2D eigenvalue weighted by Crippen LogP contribution is -2.12. The fourth-order valence-corrected chi connectivity index (χ4v) is 2.70. The smallest absolute Gasteiger partial charge is 0.349 e. The highest BCUT2D eigenvalue weighted by Crippen LogP contribution is 2.16. The van der Waals surface area contributed by atoms with Gasteiger partial charge in [-0.1, -0.05) is 92.0 Å². The summed E-state index contributed by atoms with van der Waals surface area (Å²) in [6, 6.07) is 5.97. The van der Waals surface area contributed by atoms with E-state index in [0.29, 0.717) is 6.42 Å². The lowest BCUT2D eigenvalue weighted by Gasteiger charge is -2.03. The van der Waals surface area contributed by atoms with E-state index >= 15 is 0 Å². The Hall–Kier alpha value is -3.40. The number of rotatable bonds is 15. The molecule has 1 aromatic carbocycles. The number of phenolic OH excluding ortho intramolecular Hbond substituents is 1. The van der Waals surface area contributed by atoms with Crippen molar-refractivity contribution in [2.24, 2.45) is 0 Å². The molecule has 4 heteroatoms. The number of ether oxygens (including phenoxy) is 1. The molecular formula is C29H36O4. The Labute approximate surface area is 198 Å². The van der Waals surface area contributed by atoms with Crippen molar-refractivity contribution in [3.05, 3.63) is 103 Å². The van der Waals surface area contributed by atoms with E-state index in [2.05, 4.69) is 67.7 Å². The molecule has 0 unspecified atom stereocenters. The topological polar surface area (TPSA) is 63.6 Å². The third kappa shape index (κ3) is 15.1. The number of hydrogen-bond acceptors (Lipinski definition) is 4. The number of phenols is 1. The number of allylic oxidation sites excluding steroid dienone is 12. The first-order valence-corrected chi connectivity index (χ1v) is 11.6. The molecule has 33 heavy (non-hydrogen) atoms. The molecule has 0 aliphatic heterocycles. The molecule has 0 saturated carbocycles. The summed E-state index contributed by atoms with van der Waals surface area (Å²) in [5.41, 5.74) is -0.0141. The molecule has 1 N–H and O–H groups in total. The lowest BCUT2D eigenvalue weighted by atomic mass is 10.2. The molecule has 0 aliphatic carbocycles. The van der Waals surface area contributed by atoms with Crippen LogP contribution < -0.4 is 0 Å². The average molecular weight is 449 g/mol. The number of carbonyl (C=O) groups excluding carboxylic acids is 2. The van der Waals surface area contributed by atoms with Gasteiger partial charge in [-0.05, 0) is 57.1 Å². The van der Waals surface area contributed by atoms with Gasteiger partial charge in [0.05, 0.1) is 0 Å². The first kappa shape index (κ1) is 27.6. The van der Waals surface area contributed by atoms with Gasteiger partial charge in [0, 0.05) is 6.42 Å². The molecular weight excluding hydrogens is 412 g/mol. The lowest BCUT2D eigenvalue weighted by molar-refractivity contribution is -0.137. The van der Waals surface area contributed by atoms with Gasteiger partial charge in [0.1, 0.15) is 11.3 Å². The molecule has 0 heterocycles. The van der Waals surface area contributed by atoms with Crippen LogP contribution in [0.15, 0.2) is 97.2 Å². The van der Waals surface area contributed by atoms with Crippen molar-refractivity contribution in [3.63, 3.8) is 0 Å². The van der Waals surface area contributed by atoms with Gasteiger partial charge in [-0.3, -0.25) is 4.79 Å². The maximum absolute atomic E-state index is 11.8. The largest absolute Gasteiger partial charge is 0.507 e. The fourth-order valence-electron chi connectivity index (χ4n) is 2.70. The van der Waals surface area contributed by atoms with E-state index in [1.165, 1.54) is 12.1 Å². The van der Waals surface area contributed by atoms with Crippen LogP contribution in [0.1, 0.15) is 68.6 Å². The van der Waals surface area contributed by atoms with Crippen LogP contribution >= 0.6 is 0 Å². The minimum absolute atomic E-state index is 0.0141. The molecule has 0 fully saturated rings. The molecule has 0 spiro atoms. The van der Waals surface area contributed by atoms with E-state index < -0.39 is 11.9 Å². The molecule has 0 amide bonds. The van der Waals surface area contributed by atoms with Gasteiger partial charge in [-0.25, -0.2) is 4.79 Å². The van der Waals surface area contributed by atoms with E-state index in [0.717, 1.165) is 38.5 Å². The van der Waals surface area contributed by atoms with Crippen LogP contribution in [0.25, 0.3) is 0 Å². The fraction of sp³-hybridized carbons (Fsp3) is 0.310. The molecule has 1 aromatic rings. The van der Waals surface area contributed by atoms with Crippen molar-refractivity contribution in [2.45, 2.75) is 58.3 Å². The van der Waals surface area contributed by atoms with Crippen molar-refractivity contribution in [3.8, 4) is 5.75 Å². The molecule has 4 nitrogen and oxygen atoms in total. The van der Waals surface area contributed by atoms with Gasteiger partial charge in [0.25, 0.3) is 0 Å².